The predicted molar refractivity (Wildman–Crippen MR) is 102 cm³/mol. The van der Waals surface area contributed by atoms with E-state index in [9.17, 15) is 9.59 Å². The molecule has 1 aromatic heterocycles. The van der Waals surface area contributed by atoms with Gasteiger partial charge in [0.15, 0.2) is 12.4 Å². The van der Waals surface area contributed by atoms with Crippen molar-refractivity contribution in [1.29, 1.82) is 0 Å². The third-order valence-corrected chi connectivity index (χ3v) is 4.74. The van der Waals surface area contributed by atoms with Crippen molar-refractivity contribution in [2.24, 2.45) is 5.92 Å². The summed E-state index contributed by atoms with van der Waals surface area (Å²) in [5.41, 5.74) is 2.95. The van der Waals surface area contributed by atoms with Gasteiger partial charge in [-0.1, -0.05) is 37.0 Å². The Balaban J connectivity index is 1.97. The molecule has 1 heterocycles. The van der Waals surface area contributed by atoms with Crippen molar-refractivity contribution in [3.05, 3.63) is 50.8 Å². The van der Waals surface area contributed by atoms with E-state index in [4.69, 9.17) is 27.9 Å². The molecule has 26 heavy (non-hydrogen) atoms. The fraction of sp³-hybridized carbons (Fsp3) is 0.421. The maximum absolute atomic E-state index is 12.1. The number of benzene rings is 1. The molecule has 0 saturated heterocycles. The standard InChI is InChI=1S/C19H22Cl2N2O3/c1-11(2)9-23-13(4)15(12(3)22-23)8-19(25)26-10-18(24)14-5-6-16(20)17(21)7-14/h5-7,11H,8-10H2,1-4H3. The smallest absolute Gasteiger partial charge is 0.310 e. The zero-order valence-electron chi connectivity index (χ0n) is 15.3. The van der Waals surface area contributed by atoms with Crippen molar-refractivity contribution in [3.8, 4) is 0 Å². The fourth-order valence-electron chi connectivity index (χ4n) is 2.61. The molecule has 0 spiro atoms. The molecular formula is C19H22Cl2N2O3. The number of esters is 1. The lowest BCUT2D eigenvalue weighted by Gasteiger charge is -2.08. The number of aromatic nitrogens is 2. The number of Topliss-reactive ketones (excluding diaryl/α,β-unsaturated/α-hetero) is 1. The van der Waals surface area contributed by atoms with E-state index in [1.165, 1.54) is 12.1 Å². The minimum absolute atomic E-state index is 0.0877. The number of halogens is 2. The van der Waals surface area contributed by atoms with E-state index in [2.05, 4.69) is 18.9 Å². The number of hydrogen-bond acceptors (Lipinski definition) is 4. The Hall–Kier alpha value is -1.85. The second-order valence-electron chi connectivity index (χ2n) is 6.61. The summed E-state index contributed by atoms with van der Waals surface area (Å²) in [7, 11) is 0. The van der Waals surface area contributed by atoms with E-state index >= 15 is 0 Å². The summed E-state index contributed by atoms with van der Waals surface area (Å²) in [5, 5.41) is 5.13. The maximum Gasteiger partial charge on any atom is 0.310 e. The summed E-state index contributed by atoms with van der Waals surface area (Å²) >= 11 is 11.7. The molecule has 0 atom stereocenters. The van der Waals surface area contributed by atoms with E-state index in [0.29, 0.717) is 16.5 Å². The molecule has 2 rings (SSSR count). The van der Waals surface area contributed by atoms with Gasteiger partial charge in [0.2, 0.25) is 0 Å². The van der Waals surface area contributed by atoms with Crippen LogP contribution < -0.4 is 0 Å². The second-order valence-corrected chi connectivity index (χ2v) is 7.43. The summed E-state index contributed by atoms with van der Waals surface area (Å²) in [4.78, 5) is 24.3. The molecule has 0 aliphatic carbocycles. The predicted octanol–water partition coefficient (Wildman–Crippen LogP) is 4.43. The van der Waals surface area contributed by atoms with Crippen LogP contribution in [0.2, 0.25) is 10.0 Å². The molecule has 5 nitrogen and oxygen atoms in total. The molecule has 0 radical (unpaired) electrons. The molecule has 7 heteroatoms. The number of rotatable bonds is 7. The number of hydrogen-bond donors (Lipinski definition) is 0. The van der Waals surface area contributed by atoms with Crippen LogP contribution in [0.4, 0.5) is 0 Å². The number of nitrogens with zero attached hydrogens (tertiary/aromatic N) is 2. The molecule has 0 aliphatic heterocycles. The lowest BCUT2D eigenvalue weighted by molar-refractivity contribution is -0.141. The van der Waals surface area contributed by atoms with Gasteiger partial charge in [0.25, 0.3) is 0 Å². The summed E-state index contributed by atoms with van der Waals surface area (Å²) in [5.74, 6) is -0.341. The van der Waals surface area contributed by atoms with Crippen LogP contribution in [-0.2, 0) is 22.5 Å². The SMILES string of the molecule is Cc1nn(CC(C)C)c(C)c1CC(=O)OCC(=O)c1ccc(Cl)c(Cl)c1. The Kier molecular flexibility index (Phi) is 6.84. The van der Waals surface area contributed by atoms with Gasteiger partial charge in [0.1, 0.15) is 0 Å². The summed E-state index contributed by atoms with van der Waals surface area (Å²) in [6, 6.07) is 4.55. The Morgan fingerprint density at radius 1 is 1.19 bits per heavy atom. The zero-order chi connectivity index (χ0) is 19.4. The summed E-state index contributed by atoms with van der Waals surface area (Å²) in [6.07, 6.45) is 0.0877. The second kappa shape index (κ2) is 8.69. The highest BCUT2D eigenvalue weighted by molar-refractivity contribution is 6.42. The molecule has 0 N–H and O–H groups in total. The number of aryl methyl sites for hydroxylation is 1. The van der Waals surface area contributed by atoms with Crippen LogP contribution in [0, 0.1) is 19.8 Å². The van der Waals surface area contributed by atoms with Gasteiger partial charge in [-0.3, -0.25) is 14.3 Å². The zero-order valence-corrected chi connectivity index (χ0v) is 16.8. The topological polar surface area (TPSA) is 61.2 Å². The van der Waals surface area contributed by atoms with Crippen molar-refractivity contribution in [3.63, 3.8) is 0 Å². The van der Waals surface area contributed by atoms with E-state index in [1.54, 1.807) is 6.07 Å². The molecule has 140 valence electrons. The van der Waals surface area contributed by atoms with E-state index in [1.807, 2.05) is 18.5 Å². The average molecular weight is 397 g/mol. The highest BCUT2D eigenvalue weighted by Crippen LogP contribution is 2.23. The molecule has 1 aromatic carbocycles. The van der Waals surface area contributed by atoms with Gasteiger partial charge in [-0.25, -0.2) is 0 Å². The van der Waals surface area contributed by atoms with Crippen LogP contribution in [0.1, 0.15) is 41.2 Å². The van der Waals surface area contributed by atoms with Crippen LogP contribution in [0.5, 0.6) is 0 Å². The minimum Gasteiger partial charge on any atom is -0.457 e. The third-order valence-electron chi connectivity index (χ3n) is 4.00. The molecule has 0 bridgehead atoms. The molecule has 2 aromatic rings. The quantitative estimate of drug-likeness (QED) is 0.512. The maximum atomic E-state index is 12.1. The Morgan fingerprint density at radius 2 is 1.88 bits per heavy atom. The van der Waals surface area contributed by atoms with Gasteiger partial charge >= 0.3 is 5.97 Å². The lowest BCUT2D eigenvalue weighted by Crippen LogP contribution is -2.16. The molecule has 0 fully saturated rings. The van der Waals surface area contributed by atoms with Crippen LogP contribution in [0.15, 0.2) is 18.2 Å². The highest BCUT2D eigenvalue weighted by Gasteiger charge is 2.18. The van der Waals surface area contributed by atoms with E-state index < -0.39 is 5.97 Å². The Labute approximate surface area is 163 Å². The first-order valence-electron chi connectivity index (χ1n) is 8.35. The van der Waals surface area contributed by atoms with Crippen molar-refractivity contribution < 1.29 is 14.3 Å². The number of ether oxygens (including phenoxy) is 1. The van der Waals surface area contributed by atoms with Crippen LogP contribution in [-0.4, -0.2) is 28.1 Å². The Morgan fingerprint density at radius 3 is 2.50 bits per heavy atom. The van der Waals surface area contributed by atoms with Crippen molar-refractivity contribution >= 4 is 35.0 Å². The average Bonchev–Trinajstić information content (AvgIpc) is 2.82. The van der Waals surface area contributed by atoms with Crippen molar-refractivity contribution in [2.45, 2.75) is 40.7 Å². The van der Waals surface area contributed by atoms with Crippen molar-refractivity contribution in [2.75, 3.05) is 6.61 Å². The lowest BCUT2D eigenvalue weighted by atomic mass is 10.1. The molecule has 0 aliphatic rings. The number of ketones is 1. The molecule has 0 saturated carbocycles. The first-order chi connectivity index (χ1) is 12.2. The van der Waals surface area contributed by atoms with E-state index in [0.717, 1.165) is 23.5 Å². The highest BCUT2D eigenvalue weighted by atomic mass is 35.5. The number of carbonyl (C=O) groups excluding carboxylic acids is 2. The first kappa shape index (κ1) is 20.5. The van der Waals surface area contributed by atoms with Gasteiger partial charge in [0, 0.05) is 23.4 Å². The summed E-state index contributed by atoms with van der Waals surface area (Å²) < 4.78 is 7.04. The summed E-state index contributed by atoms with van der Waals surface area (Å²) in [6.45, 7) is 8.48. The monoisotopic (exact) mass is 396 g/mol. The van der Waals surface area contributed by atoms with Crippen molar-refractivity contribution in [1.82, 2.24) is 9.78 Å². The van der Waals surface area contributed by atoms with Crippen LogP contribution >= 0.6 is 23.2 Å². The van der Waals surface area contributed by atoms with Crippen LogP contribution in [0.25, 0.3) is 0 Å². The first-order valence-corrected chi connectivity index (χ1v) is 9.11. The van der Waals surface area contributed by atoms with Gasteiger partial charge in [-0.2, -0.15) is 5.10 Å². The van der Waals surface area contributed by atoms with Gasteiger partial charge in [-0.05, 0) is 38.0 Å². The normalized spacial score (nSPS) is 11.0. The van der Waals surface area contributed by atoms with Crippen LogP contribution in [0.3, 0.4) is 0 Å². The third kappa shape index (κ3) is 5.08. The molecule has 0 amide bonds. The van der Waals surface area contributed by atoms with Gasteiger partial charge < -0.3 is 4.74 Å². The van der Waals surface area contributed by atoms with E-state index in [-0.39, 0.29) is 23.8 Å². The molecular weight excluding hydrogens is 375 g/mol. The van der Waals surface area contributed by atoms with Gasteiger partial charge in [-0.15, -0.1) is 0 Å². The Bertz CT molecular complexity index is 828. The van der Waals surface area contributed by atoms with Gasteiger partial charge in [0.05, 0.1) is 22.2 Å². The largest absolute Gasteiger partial charge is 0.457 e. The number of carbonyl (C=O) groups is 2. The minimum atomic E-state index is -0.464. The molecule has 0 unspecified atom stereocenters. The fourth-order valence-corrected chi connectivity index (χ4v) is 2.91.